The summed E-state index contributed by atoms with van der Waals surface area (Å²) >= 11 is 0. The first-order valence-corrected chi connectivity index (χ1v) is 7.97. The lowest BCUT2D eigenvalue weighted by atomic mass is 9.89. The number of hydrogen-bond acceptors (Lipinski definition) is 4. The SMILES string of the molecule is CC(C)C1CCCN(Cc2cc3c(cc2O)OCO3)CC1. The molecule has 116 valence electrons. The van der Waals surface area contributed by atoms with Gasteiger partial charge in [-0.2, -0.15) is 0 Å². The Morgan fingerprint density at radius 1 is 1.19 bits per heavy atom. The number of aromatic hydroxyl groups is 1. The fourth-order valence-corrected chi connectivity index (χ4v) is 3.35. The van der Waals surface area contributed by atoms with Crippen LogP contribution in [0.5, 0.6) is 17.2 Å². The van der Waals surface area contributed by atoms with E-state index in [9.17, 15) is 5.11 Å². The van der Waals surface area contributed by atoms with E-state index in [4.69, 9.17) is 9.47 Å². The summed E-state index contributed by atoms with van der Waals surface area (Å²) in [4.78, 5) is 2.44. The molecule has 1 N–H and O–H groups in total. The van der Waals surface area contributed by atoms with E-state index < -0.39 is 0 Å². The van der Waals surface area contributed by atoms with Crippen molar-refractivity contribution < 1.29 is 14.6 Å². The molecular formula is C17H25NO3. The second-order valence-electron chi connectivity index (χ2n) is 6.55. The van der Waals surface area contributed by atoms with Crippen molar-refractivity contribution in [2.75, 3.05) is 19.9 Å². The van der Waals surface area contributed by atoms with Crippen LogP contribution in [0.2, 0.25) is 0 Å². The van der Waals surface area contributed by atoms with E-state index in [0.29, 0.717) is 11.5 Å². The predicted octanol–water partition coefficient (Wildman–Crippen LogP) is 3.38. The maximum atomic E-state index is 10.2. The van der Waals surface area contributed by atoms with Gasteiger partial charge in [0.1, 0.15) is 5.75 Å². The average molecular weight is 291 g/mol. The number of phenols is 1. The largest absolute Gasteiger partial charge is 0.507 e. The summed E-state index contributed by atoms with van der Waals surface area (Å²) in [5, 5.41) is 10.2. The highest BCUT2D eigenvalue weighted by Crippen LogP contribution is 2.38. The normalized spacial score (nSPS) is 22.5. The highest BCUT2D eigenvalue weighted by molar-refractivity contribution is 5.51. The van der Waals surface area contributed by atoms with E-state index in [1.807, 2.05) is 6.07 Å². The van der Waals surface area contributed by atoms with Crippen LogP contribution in [0.3, 0.4) is 0 Å². The number of phenolic OH excluding ortho intramolecular Hbond substituents is 1. The lowest BCUT2D eigenvalue weighted by Crippen LogP contribution is -2.24. The molecule has 1 fully saturated rings. The summed E-state index contributed by atoms with van der Waals surface area (Å²) in [6.45, 7) is 7.90. The summed E-state index contributed by atoms with van der Waals surface area (Å²) in [5.41, 5.74) is 0.933. The highest BCUT2D eigenvalue weighted by Gasteiger charge is 2.22. The lowest BCUT2D eigenvalue weighted by Gasteiger charge is -2.21. The van der Waals surface area contributed by atoms with E-state index in [-0.39, 0.29) is 6.79 Å². The summed E-state index contributed by atoms with van der Waals surface area (Å²) < 4.78 is 10.7. The minimum Gasteiger partial charge on any atom is -0.507 e. The Morgan fingerprint density at radius 2 is 1.95 bits per heavy atom. The van der Waals surface area contributed by atoms with Crippen LogP contribution in [0.4, 0.5) is 0 Å². The fraction of sp³-hybridized carbons (Fsp3) is 0.647. The maximum Gasteiger partial charge on any atom is 0.231 e. The molecular weight excluding hydrogens is 266 g/mol. The van der Waals surface area contributed by atoms with Gasteiger partial charge in [0.05, 0.1) is 0 Å². The predicted molar refractivity (Wildman–Crippen MR) is 81.7 cm³/mol. The quantitative estimate of drug-likeness (QED) is 0.927. The zero-order valence-corrected chi connectivity index (χ0v) is 13.0. The van der Waals surface area contributed by atoms with Gasteiger partial charge in [-0.3, -0.25) is 4.90 Å². The smallest absolute Gasteiger partial charge is 0.231 e. The number of likely N-dealkylation sites (tertiary alicyclic amines) is 1. The lowest BCUT2D eigenvalue weighted by molar-refractivity contribution is 0.174. The van der Waals surface area contributed by atoms with Gasteiger partial charge in [0.25, 0.3) is 0 Å². The number of hydrogen-bond donors (Lipinski definition) is 1. The molecule has 0 bridgehead atoms. The third-order valence-corrected chi connectivity index (χ3v) is 4.78. The zero-order chi connectivity index (χ0) is 14.8. The van der Waals surface area contributed by atoms with Gasteiger partial charge >= 0.3 is 0 Å². The molecule has 0 aromatic heterocycles. The Hall–Kier alpha value is -1.42. The van der Waals surface area contributed by atoms with Crippen LogP contribution in [0.15, 0.2) is 12.1 Å². The van der Waals surface area contributed by atoms with Gasteiger partial charge in [-0.1, -0.05) is 13.8 Å². The van der Waals surface area contributed by atoms with Crippen LogP contribution in [0, 0.1) is 11.8 Å². The van der Waals surface area contributed by atoms with Crippen molar-refractivity contribution in [3.8, 4) is 17.2 Å². The monoisotopic (exact) mass is 291 g/mol. The number of rotatable bonds is 3. The molecule has 1 saturated heterocycles. The van der Waals surface area contributed by atoms with Crippen LogP contribution in [-0.4, -0.2) is 29.9 Å². The molecule has 0 spiro atoms. The van der Waals surface area contributed by atoms with Crippen LogP contribution in [0.1, 0.15) is 38.7 Å². The van der Waals surface area contributed by atoms with Crippen molar-refractivity contribution in [2.45, 2.75) is 39.7 Å². The molecule has 1 atom stereocenters. The van der Waals surface area contributed by atoms with Crippen LogP contribution in [-0.2, 0) is 6.54 Å². The van der Waals surface area contributed by atoms with Crippen molar-refractivity contribution in [3.05, 3.63) is 17.7 Å². The topological polar surface area (TPSA) is 41.9 Å². The molecule has 2 heterocycles. The number of fused-ring (bicyclic) bond motifs is 1. The molecule has 4 nitrogen and oxygen atoms in total. The minimum atomic E-state index is 0.248. The Kier molecular flexibility index (Phi) is 4.24. The fourth-order valence-electron chi connectivity index (χ4n) is 3.35. The molecule has 4 heteroatoms. The molecule has 1 unspecified atom stereocenters. The first-order valence-electron chi connectivity index (χ1n) is 7.97. The first kappa shape index (κ1) is 14.5. The molecule has 2 aliphatic heterocycles. The van der Waals surface area contributed by atoms with Crippen molar-refractivity contribution in [1.82, 2.24) is 4.90 Å². The molecule has 21 heavy (non-hydrogen) atoms. The van der Waals surface area contributed by atoms with Crippen molar-refractivity contribution in [3.63, 3.8) is 0 Å². The van der Waals surface area contributed by atoms with Gasteiger partial charge in [0.15, 0.2) is 11.5 Å². The van der Waals surface area contributed by atoms with Crippen LogP contribution >= 0.6 is 0 Å². The highest BCUT2D eigenvalue weighted by atomic mass is 16.7. The van der Waals surface area contributed by atoms with Crippen molar-refractivity contribution in [2.24, 2.45) is 11.8 Å². The molecule has 0 amide bonds. The standard InChI is InChI=1S/C17H25NO3/c1-12(2)13-4-3-6-18(7-5-13)10-14-8-16-17(9-15(14)19)21-11-20-16/h8-9,12-13,19H,3-7,10-11H2,1-2H3. The average Bonchev–Trinajstić information content (AvgIpc) is 2.75. The van der Waals surface area contributed by atoms with E-state index in [1.165, 1.54) is 19.3 Å². The summed E-state index contributed by atoms with van der Waals surface area (Å²) in [5.74, 6) is 3.30. The Morgan fingerprint density at radius 3 is 2.71 bits per heavy atom. The van der Waals surface area contributed by atoms with Crippen LogP contribution < -0.4 is 9.47 Å². The molecule has 1 aromatic carbocycles. The van der Waals surface area contributed by atoms with E-state index in [0.717, 1.165) is 42.8 Å². The second-order valence-corrected chi connectivity index (χ2v) is 6.55. The Labute approximate surface area is 126 Å². The second kappa shape index (κ2) is 6.14. The molecule has 0 aliphatic carbocycles. The van der Waals surface area contributed by atoms with Crippen LogP contribution in [0.25, 0.3) is 0 Å². The number of ether oxygens (including phenoxy) is 2. The zero-order valence-electron chi connectivity index (χ0n) is 13.0. The van der Waals surface area contributed by atoms with Gasteiger partial charge < -0.3 is 14.6 Å². The molecule has 0 radical (unpaired) electrons. The molecule has 3 rings (SSSR count). The van der Waals surface area contributed by atoms with Gasteiger partial charge in [0.2, 0.25) is 6.79 Å². The van der Waals surface area contributed by atoms with E-state index >= 15 is 0 Å². The van der Waals surface area contributed by atoms with E-state index in [1.54, 1.807) is 6.07 Å². The summed E-state index contributed by atoms with van der Waals surface area (Å²) in [7, 11) is 0. The van der Waals surface area contributed by atoms with Gasteiger partial charge in [-0.15, -0.1) is 0 Å². The van der Waals surface area contributed by atoms with Gasteiger partial charge in [-0.25, -0.2) is 0 Å². The third kappa shape index (κ3) is 3.26. The maximum absolute atomic E-state index is 10.2. The van der Waals surface area contributed by atoms with Crippen molar-refractivity contribution in [1.29, 1.82) is 0 Å². The number of benzene rings is 1. The van der Waals surface area contributed by atoms with E-state index in [2.05, 4.69) is 18.7 Å². The third-order valence-electron chi connectivity index (χ3n) is 4.78. The number of nitrogens with zero attached hydrogens (tertiary/aromatic N) is 1. The molecule has 1 aromatic rings. The minimum absolute atomic E-state index is 0.248. The summed E-state index contributed by atoms with van der Waals surface area (Å²) in [6, 6.07) is 3.59. The first-order chi connectivity index (χ1) is 10.1. The summed E-state index contributed by atoms with van der Waals surface area (Å²) in [6.07, 6.45) is 3.82. The molecule has 0 saturated carbocycles. The van der Waals surface area contributed by atoms with Gasteiger partial charge in [-0.05, 0) is 50.3 Å². The van der Waals surface area contributed by atoms with Crippen molar-refractivity contribution >= 4 is 0 Å². The Bertz CT molecular complexity index is 501. The van der Waals surface area contributed by atoms with Gasteiger partial charge in [0, 0.05) is 18.2 Å². The molecule has 2 aliphatic rings. The Balaban J connectivity index is 1.67.